The van der Waals surface area contributed by atoms with Gasteiger partial charge in [0, 0.05) is 18.5 Å². The van der Waals surface area contributed by atoms with Crippen molar-refractivity contribution >= 4 is 17.0 Å². The zero-order valence-corrected chi connectivity index (χ0v) is 21.4. The SMILES string of the molecule is COc1cc(OC)cc(C(CNc2ncnc3c2ncn3[C@@H]2O[C@H](CO)C(O)C2O)c2ccc(C)cc2)c1. The maximum atomic E-state index is 10.5. The quantitative estimate of drug-likeness (QED) is 0.258. The predicted molar refractivity (Wildman–Crippen MR) is 139 cm³/mol. The maximum Gasteiger partial charge on any atom is 0.167 e. The van der Waals surface area contributed by atoms with Crippen LogP contribution in [0.2, 0.25) is 0 Å². The van der Waals surface area contributed by atoms with Crippen LogP contribution in [0.15, 0.2) is 55.1 Å². The first-order valence-electron chi connectivity index (χ1n) is 12.3. The summed E-state index contributed by atoms with van der Waals surface area (Å²) >= 11 is 0. The lowest BCUT2D eigenvalue weighted by Gasteiger charge is -2.21. The summed E-state index contributed by atoms with van der Waals surface area (Å²) in [4.78, 5) is 13.2. The molecule has 1 saturated heterocycles. The van der Waals surface area contributed by atoms with E-state index in [-0.39, 0.29) is 5.92 Å². The van der Waals surface area contributed by atoms with Crippen molar-refractivity contribution in [2.45, 2.75) is 37.4 Å². The summed E-state index contributed by atoms with van der Waals surface area (Å²) < 4.78 is 18.2. The lowest BCUT2D eigenvalue weighted by molar-refractivity contribution is -0.0511. The average molecular weight is 522 g/mol. The lowest BCUT2D eigenvalue weighted by atomic mass is 9.90. The molecule has 0 aliphatic carbocycles. The highest BCUT2D eigenvalue weighted by Gasteiger charge is 2.44. The molecule has 0 radical (unpaired) electrons. The standard InChI is InChI=1S/C27H31N5O6/c1-15-4-6-16(7-5-15)20(17-8-18(36-2)10-19(9-17)37-3)11-28-25-22-26(30-13-29-25)32(14-31-22)27-24(35)23(34)21(12-33)38-27/h4-10,13-14,20-21,23-24,27,33-35H,11-12H2,1-3H3,(H,28,29,30)/t20?,21-,23?,24?,27-/m1/s1. The number of methoxy groups -OCH3 is 2. The topological polar surface area (TPSA) is 144 Å². The monoisotopic (exact) mass is 521 g/mol. The molecule has 0 spiro atoms. The minimum absolute atomic E-state index is 0.0767. The van der Waals surface area contributed by atoms with Crippen LogP contribution in [0.1, 0.15) is 28.8 Å². The summed E-state index contributed by atoms with van der Waals surface area (Å²) in [6.45, 7) is 2.11. The van der Waals surface area contributed by atoms with Crippen molar-refractivity contribution < 1.29 is 29.5 Å². The van der Waals surface area contributed by atoms with Crippen LogP contribution >= 0.6 is 0 Å². The van der Waals surface area contributed by atoms with E-state index in [1.54, 1.807) is 14.2 Å². The molecule has 200 valence electrons. The van der Waals surface area contributed by atoms with Crippen LogP contribution in [-0.2, 0) is 4.74 Å². The molecule has 0 saturated carbocycles. The van der Waals surface area contributed by atoms with E-state index < -0.39 is 31.1 Å². The molecular weight excluding hydrogens is 490 g/mol. The molecule has 5 atom stereocenters. The molecule has 0 bridgehead atoms. The molecule has 1 fully saturated rings. The highest BCUT2D eigenvalue weighted by Crippen LogP contribution is 2.34. The normalized spacial score (nSPS) is 21.9. The Bertz CT molecular complexity index is 1370. The third kappa shape index (κ3) is 4.88. The van der Waals surface area contributed by atoms with E-state index in [9.17, 15) is 15.3 Å². The van der Waals surface area contributed by atoms with Crippen molar-refractivity contribution in [3.05, 3.63) is 71.8 Å². The number of rotatable bonds is 9. The summed E-state index contributed by atoms with van der Waals surface area (Å²) in [6.07, 6.45) is -1.43. The van der Waals surface area contributed by atoms with Gasteiger partial charge in [0.15, 0.2) is 23.2 Å². The fourth-order valence-corrected chi connectivity index (χ4v) is 4.73. The Morgan fingerprint density at radius 1 is 0.974 bits per heavy atom. The number of aliphatic hydroxyl groups is 3. The number of aromatic nitrogens is 4. The third-order valence-electron chi connectivity index (χ3n) is 6.88. The fraction of sp³-hybridized carbons (Fsp3) is 0.370. The number of hydrogen-bond donors (Lipinski definition) is 4. The van der Waals surface area contributed by atoms with E-state index >= 15 is 0 Å². The fourth-order valence-electron chi connectivity index (χ4n) is 4.73. The molecule has 4 N–H and O–H groups in total. The molecular formula is C27H31N5O6. The van der Waals surface area contributed by atoms with E-state index in [0.29, 0.717) is 35.0 Å². The maximum absolute atomic E-state index is 10.5. The molecule has 0 amide bonds. The minimum atomic E-state index is -1.25. The van der Waals surface area contributed by atoms with Gasteiger partial charge in [0.1, 0.15) is 36.1 Å². The van der Waals surface area contributed by atoms with Gasteiger partial charge in [-0.1, -0.05) is 29.8 Å². The molecule has 3 heterocycles. The summed E-state index contributed by atoms with van der Waals surface area (Å²) in [5, 5.41) is 33.5. The second kappa shape index (κ2) is 10.9. The van der Waals surface area contributed by atoms with Crippen molar-refractivity contribution in [1.29, 1.82) is 0 Å². The van der Waals surface area contributed by atoms with Crippen LogP contribution in [0, 0.1) is 6.92 Å². The van der Waals surface area contributed by atoms with Crippen LogP contribution in [0.4, 0.5) is 5.82 Å². The predicted octanol–water partition coefficient (Wildman–Crippen LogP) is 2.01. The zero-order valence-electron chi connectivity index (χ0n) is 21.4. The number of aliphatic hydroxyl groups excluding tert-OH is 3. The first-order chi connectivity index (χ1) is 18.4. The molecule has 1 aliphatic rings. The Morgan fingerprint density at radius 3 is 2.32 bits per heavy atom. The number of nitrogens with one attached hydrogen (secondary N) is 1. The van der Waals surface area contributed by atoms with E-state index in [4.69, 9.17) is 14.2 Å². The van der Waals surface area contributed by atoms with Gasteiger partial charge in [-0.2, -0.15) is 0 Å². The Balaban J connectivity index is 1.47. The molecule has 4 aromatic rings. The second-order valence-electron chi connectivity index (χ2n) is 9.27. The first-order valence-corrected chi connectivity index (χ1v) is 12.3. The van der Waals surface area contributed by atoms with Gasteiger partial charge in [-0.25, -0.2) is 15.0 Å². The number of hydrogen-bond acceptors (Lipinski definition) is 10. The van der Waals surface area contributed by atoms with Gasteiger partial charge in [0.2, 0.25) is 0 Å². The Morgan fingerprint density at radius 2 is 1.68 bits per heavy atom. The molecule has 3 unspecified atom stereocenters. The highest BCUT2D eigenvalue weighted by molar-refractivity contribution is 5.82. The van der Waals surface area contributed by atoms with Crippen molar-refractivity contribution in [2.24, 2.45) is 0 Å². The third-order valence-corrected chi connectivity index (χ3v) is 6.88. The number of ether oxygens (including phenoxy) is 3. The Labute approximate surface area is 219 Å². The van der Waals surface area contributed by atoms with E-state index in [1.165, 1.54) is 17.2 Å². The summed E-state index contributed by atoms with van der Waals surface area (Å²) in [6, 6.07) is 14.2. The van der Waals surface area contributed by atoms with Crippen LogP contribution in [0.3, 0.4) is 0 Å². The largest absolute Gasteiger partial charge is 0.497 e. The molecule has 11 heteroatoms. The van der Waals surface area contributed by atoms with Crippen LogP contribution in [-0.4, -0.2) is 80.5 Å². The van der Waals surface area contributed by atoms with E-state index in [1.807, 2.05) is 25.1 Å². The number of fused-ring (bicyclic) bond motifs is 1. The van der Waals surface area contributed by atoms with Crippen molar-refractivity contribution in [3.8, 4) is 11.5 Å². The number of anilines is 1. The van der Waals surface area contributed by atoms with Crippen molar-refractivity contribution in [3.63, 3.8) is 0 Å². The summed E-state index contributed by atoms with van der Waals surface area (Å²) in [5.41, 5.74) is 4.17. The van der Waals surface area contributed by atoms with Gasteiger partial charge in [-0.3, -0.25) is 4.57 Å². The van der Waals surface area contributed by atoms with Crippen LogP contribution in [0.5, 0.6) is 11.5 Å². The minimum Gasteiger partial charge on any atom is -0.497 e. The van der Waals surface area contributed by atoms with Gasteiger partial charge in [-0.05, 0) is 30.2 Å². The van der Waals surface area contributed by atoms with Gasteiger partial charge in [0.25, 0.3) is 0 Å². The molecule has 5 rings (SSSR count). The lowest BCUT2D eigenvalue weighted by Crippen LogP contribution is -2.33. The smallest absolute Gasteiger partial charge is 0.167 e. The van der Waals surface area contributed by atoms with Gasteiger partial charge < -0.3 is 34.8 Å². The van der Waals surface area contributed by atoms with Crippen molar-refractivity contribution in [2.75, 3.05) is 32.7 Å². The highest BCUT2D eigenvalue weighted by atomic mass is 16.6. The van der Waals surface area contributed by atoms with Crippen LogP contribution < -0.4 is 14.8 Å². The van der Waals surface area contributed by atoms with E-state index in [2.05, 4.69) is 44.5 Å². The molecule has 2 aromatic heterocycles. The summed E-state index contributed by atoms with van der Waals surface area (Å²) in [7, 11) is 3.25. The molecule has 2 aromatic carbocycles. The summed E-state index contributed by atoms with van der Waals surface area (Å²) in [5.74, 6) is 1.82. The average Bonchev–Trinajstić information content (AvgIpc) is 3.50. The molecule has 11 nitrogen and oxygen atoms in total. The number of benzene rings is 2. The zero-order chi connectivity index (χ0) is 26.8. The second-order valence-corrected chi connectivity index (χ2v) is 9.27. The number of nitrogens with zero attached hydrogens (tertiary/aromatic N) is 4. The van der Waals surface area contributed by atoms with Gasteiger partial charge >= 0.3 is 0 Å². The van der Waals surface area contributed by atoms with Crippen LogP contribution in [0.25, 0.3) is 11.2 Å². The Kier molecular flexibility index (Phi) is 7.43. The number of aryl methyl sites for hydroxylation is 1. The van der Waals surface area contributed by atoms with Crippen molar-refractivity contribution in [1.82, 2.24) is 19.5 Å². The molecule has 1 aliphatic heterocycles. The number of imidazole rings is 1. The van der Waals surface area contributed by atoms with Gasteiger partial charge in [-0.15, -0.1) is 0 Å². The van der Waals surface area contributed by atoms with E-state index in [0.717, 1.165) is 16.7 Å². The molecule has 38 heavy (non-hydrogen) atoms. The van der Waals surface area contributed by atoms with Gasteiger partial charge in [0.05, 0.1) is 27.2 Å². The first kappa shape index (κ1) is 25.9. The Hall–Kier alpha value is -3.77.